The van der Waals surface area contributed by atoms with Gasteiger partial charge in [-0.1, -0.05) is 30.3 Å². The van der Waals surface area contributed by atoms with E-state index in [0.717, 1.165) is 5.56 Å². The van der Waals surface area contributed by atoms with E-state index >= 15 is 0 Å². The molecule has 33 heavy (non-hydrogen) atoms. The van der Waals surface area contributed by atoms with Crippen molar-refractivity contribution in [2.24, 2.45) is 0 Å². The molecule has 4 rings (SSSR count). The van der Waals surface area contributed by atoms with Crippen LogP contribution in [-0.2, 0) is 27.2 Å². The summed E-state index contributed by atoms with van der Waals surface area (Å²) in [6.45, 7) is -0.536. The summed E-state index contributed by atoms with van der Waals surface area (Å²) < 4.78 is 15.6. The van der Waals surface area contributed by atoms with E-state index in [2.05, 4.69) is 10.6 Å². The SMILES string of the molecule is O=C(COC(=O)c1ccc2c(c1)CC(c1ccccc1)OC2=O)NC(=O)NCc1ccco1. The summed E-state index contributed by atoms with van der Waals surface area (Å²) in [6, 6.07) is 16.4. The second-order valence-electron chi connectivity index (χ2n) is 7.27. The van der Waals surface area contributed by atoms with E-state index in [1.54, 1.807) is 18.2 Å². The minimum absolute atomic E-state index is 0.105. The molecular formula is C24H20N2O7. The Bertz CT molecular complexity index is 1170. The zero-order valence-corrected chi connectivity index (χ0v) is 17.4. The molecule has 0 saturated heterocycles. The lowest BCUT2D eigenvalue weighted by Gasteiger charge is -2.25. The van der Waals surface area contributed by atoms with Crippen molar-refractivity contribution in [3.05, 3.63) is 94.9 Å². The second-order valence-corrected chi connectivity index (χ2v) is 7.27. The van der Waals surface area contributed by atoms with Crippen LogP contribution in [0, 0.1) is 0 Å². The first-order valence-corrected chi connectivity index (χ1v) is 10.2. The number of fused-ring (bicyclic) bond motifs is 1. The summed E-state index contributed by atoms with van der Waals surface area (Å²) in [6.07, 6.45) is 1.41. The van der Waals surface area contributed by atoms with E-state index < -0.39 is 36.6 Å². The van der Waals surface area contributed by atoms with Gasteiger partial charge in [-0.05, 0) is 41.5 Å². The van der Waals surface area contributed by atoms with Crippen LogP contribution >= 0.6 is 0 Å². The van der Waals surface area contributed by atoms with Crippen molar-refractivity contribution in [3.63, 3.8) is 0 Å². The smallest absolute Gasteiger partial charge is 0.339 e. The maximum absolute atomic E-state index is 12.4. The van der Waals surface area contributed by atoms with Crippen molar-refractivity contribution in [1.29, 1.82) is 0 Å². The van der Waals surface area contributed by atoms with Crippen molar-refractivity contribution in [2.75, 3.05) is 6.61 Å². The van der Waals surface area contributed by atoms with Crippen molar-refractivity contribution < 1.29 is 33.1 Å². The monoisotopic (exact) mass is 448 g/mol. The summed E-state index contributed by atoms with van der Waals surface area (Å²) >= 11 is 0. The maximum atomic E-state index is 12.4. The average molecular weight is 448 g/mol. The van der Waals surface area contributed by atoms with Crippen LogP contribution in [-0.4, -0.2) is 30.5 Å². The highest BCUT2D eigenvalue weighted by atomic mass is 16.5. The number of rotatable bonds is 6. The number of esters is 2. The molecule has 0 saturated carbocycles. The highest BCUT2D eigenvalue weighted by molar-refractivity contribution is 5.98. The van der Waals surface area contributed by atoms with Crippen molar-refractivity contribution in [2.45, 2.75) is 19.1 Å². The zero-order chi connectivity index (χ0) is 23.2. The molecule has 0 radical (unpaired) electrons. The Kier molecular flexibility index (Phi) is 6.49. The predicted octanol–water partition coefficient (Wildman–Crippen LogP) is 2.92. The quantitative estimate of drug-likeness (QED) is 0.556. The molecule has 0 spiro atoms. The molecule has 0 bridgehead atoms. The van der Waals surface area contributed by atoms with E-state index in [1.807, 2.05) is 30.3 Å². The first kappa shape index (κ1) is 21.8. The molecule has 9 nitrogen and oxygen atoms in total. The molecule has 168 valence electrons. The average Bonchev–Trinajstić information content (AvgIpc) is 3.35. The molecule has 2 N–H and O–H groups in total. The van der Waals surface area contributed by atoms with E-state index in [-0.39, 0.29) is 12.1 Å². The number of carbonyl (C=O) groups is 4. The van der Waals surface area contributed by atoms with Crippen LogP contribution in [0.15, 0.2) is 71.3 Å². The van der Waals surface area contributed by atoms with Crippen molar-refractivity contribution >= 4 is 23.9 Å². The van der Waals surface area contributed by atoms with Gasteiger partial charge in [-0.2, -0.15) is 0 Å². The van der Waals surface area contributed by atoms with Gasteiger partial charge < -0.3 is 19.2 Å². The summed E-state index contributed by atoms with van der Waals surface area (Å²) in [7, 11) is 0. The Hall–Kier alpha value is -4.40. The third kappa shape index (κ3) is 5.45. The van der Waals surface area contributed by atoms with Crippen LogP contribution in [0.3, 0.4) is 0 Å². The van der Waals surface area contributed by atoms with Crippen molar-refractivity contribution in [1.82, 2.24) is 10.6 Å². The van der Waals surface area contributed by atoms with Crippen LogP contribution < -0.4 is 10.6 Å². The maximum Gasteiger partial charge on any atom is 0.339 e. The molecule has 1 aromatic heterocycles. The number of cyclic esters (lactones) is 1. The fourth-order valence-electron chi connectivity index (χ4n) is 3.38. The van der Waals surface area contributed by atoms with E-state index in [0.29, 0.717) is 23.3 Å². The lowest BCUT2D eigenvalue weighted by Crippen LogP contribution is -2.41. The Morgan fingerprint density at radius 3 is 2.61 bits per heavy atom. The van der Waals surface area contributed by atoms with Crippen LogP contribution in [0.1, 0.15) is 43.7 Å². The first-order chi connectivity index (χ1) is 16.0. The molecule has 0 fully saturated rings. The highest BCUT2D eigenvalue weighted by Gasteiger charge is 2.28. The Balaban J connectivity index is 1.32. The number of furan rings is 1. The molecule has 3 amide bonds. The van der Waals surface area contributed by atoms with Gasteiger partial charge in [0, 0.05) is 6.42 Å². The predicted molar refractivity (Wildman–Crippen MR) is 114 cm³/mol. The van der Waals surface area contributed by atoms with Gasteiger partial charge in [0.05, 0.1) is 23.9 Å². The summed E-state index contributed by atoms with van der Waals surface area (Å²) in [5, 5.41) is 4.50. The number of amides is 3. The van der Waals surface area contributed by atoms with E-state index in [9.17, 15) is 19.2 Å². The lowest BCUT2D eigenvalue weighted by atomic mass is 9.93. The first-order valence-electron chi connectivity index (χ1n) is 10.2. The standard InChI is InChI=1S/C24H20N2O7/c27-21(26-24(30)25-13-18-7-4-10-31-18)14-32-22(28)16-8-9-19-17(11-16)12-20(33-23(19)29)15-5-2-1-3-6-15/h1-11,20H,12-14H2,(H2,25,26,27,30). The topological polar surface area (TPSA) is 124 Å². The van der Waals surface area contributed by atoms with Gasteiger partial charge in [-0.3, -0.25) is 10.1 Å². The zero-order valence-electron chi connectivity index (χ0n) is 17.4. The van der Waals surface area contributed by atoms with Gasteiger partial charge in [0.1, 0.15) is 11.9 Å². The van der Waals surface area contributed by atoms with Gasteiger partial charge in [-0.25, -0.2) is 14.4 Å². The van der Waals surface area contributed by atoms with E-state index in [1.165, 1.54) is 18.4 Å². The van der Waals surface area contributed by atoms with Gasteiger partial charge >= 0.3 is 18.0 Å². The summed E-state index contributed by atoms with van der Waals surface area (Å²) in [4.78, 5) is 48.4. The number of carbonyl (C=O) groups excluding carboxylic acids is 4. The molecule has 0 aliphatic carbocycles. The molecule has 9 heteroatoms. The van der Waals surface area contributed by atoms with Crippen LogP contribution in [0.5, 0.6) is 0 Å². The van der Waals surface area contributed by atoms with Crippen LogP contribution in [0.25, 0.3) is 0 Å². The highest BCUT2D eigenvalue weighted by Crippen LogP contribution is 2.31. The van der Waals surface area contributed by atoms with Gasteiger partial charge in [0.2, 0.25) is 0 Å². The van der Waals surface area contributed by atoms with Gasteiger partial charge in [0.25, 0.3) is 5.91 Å². The van der Waals surface area contributed by atoms with Crippen molar-refractivity contribution in [3.8, 4) is 0 Å². The number of urea groups is 1. The van der Waals surface area contributed by atoms with Crippen LogP contribution in [0.4, 0.5) is 4.79 Å². The number of ether oxygens (including phenoxy) is 2. The molecule has 1 aliphatic heterocycles. The van der Waals surface area contributed by atoms with Gasteiger partial charge in [0.15, 0.2) is 6.61 Å². The lowest BCUT2D eigenvalue weighted by molar-refractivity contribution is -0.123. The second kappa shape index (κ2) is 9.82. The Labute approximate surface area is 188 Å². The normalized spacial score (nSPS) is 14.5. The number of hydrogen-bond acceptors (Lipinski definition) is 7. The molecule has 2 aromatic carbocycles. The molecule has 3 aromatic rings. The van der Waals surface area contributed by atoms with Crippen LogP contribution in [0.2, 0.25) is 0 Å². The molecule has 1 atom stereocenters. The van der Waals surface area contributed by atoms with E-state index in [4.69, 9.17) is 13.9 Å². The number of nitrogens with one attached hydrogen (secondary N) is 2. The summed E-state index contributed by atoms with van der Waals surface area (Å²) in [5.41, 5.74) is 2.07. The third-order valence-electron chi connectivity index (χ3n) is 4.98. The molecule has 2 heterocycles. The number of benzene rings is 2. The molecule has 1 aliphatic rings. The summed E-state index contributed by atoms with van der Waals surface area (Å²) in [5.74, 6) is -1.48. The van der Waals surface area contributed by atoms with Gasteiger partial charge in [-0.15, -0.1) is 0 Å². The minimum Gasteiger partial charge on any atom is -0.467 e. The minimum atomic E-state index is -0.786. The molecule has 1 unspecified atom stereocenters. The fraction of sp³-hybridized carbons (Fsp3) is 0.167. The largest absolute Gasteiger partial charge is 0.467 e. The Morgan fingerprint density at radius 1 is 1.03 bits per heavy atom. The fourth-order valence-corrected chi connectivity index (χ4v) is 3.38. The third-order valence-corrected chi connectivity index (χ3v) is 4.98. The Morgan fingerprint density at radius 2 is 1.85 bits per heavy atom. The number of hydrogen-bond donors (Lipinski definition) is 2. The number of imide groups is 1. The molecular weight excluding hydrogens is 428 g/mol.